The molecule has 1 aromatic heterocycles. The van der Waals surface area contributed by atoms with Gasteiger partial charge in [-0.15, -0.1) is 11.3 Å². The van der Waals surface area contributed by atoms with Gasteiger partial charge in [-0.2, -0.15) is 13.2 Å². The Hall–Kier alpha value is -2.59. The van der Waals surface area contributed by atoms with E-state index >= 15 is 0 Å². The number of sulfonamides is 1. The first-order chi connectivity index (χ1) is 14.2. The normalized spacial score (nSPS) is 16.7. The highest BCUT2D eigenvalue weighted by molar-refractivity contribution is 7.93. The molecule has 10 heteroatoms. The van der Waals surface area contributed by atoms with Gasteiger partial charge in [0.1, 0.15) is 11.9 Å². The van der Waals surface area contributed by atoms with E-state index < -0.39 is 27.9 Å². The summed E-state index contributed by atoms with van der Waals surface area (Å²) in [7, 11) is -3.83. The lowest BCUT2D eigenvalue weighted by Crippen LogP contribution is -2.21. The fourth-order valence-electron chi connectivity index (χ4n) is 3.48. The number of aromatic nitrogens is 1. The van der Waals surface area contributed by atoms with Crippen molar-refractivity contribution in [2.24, 2.45) is 0 Å². The second-order valence-electron chi connectivity index (χ2n) is 6.79. The number of fused-ring (bicyclic) bond motifs is 1. The van der Waals surface area contributed by atoms with Crippen LogP contribution in [0.1, 0.15) is 35.6 Å². The minimum absolute atomic E-state index is 0.163. The van der Waals surface area contributed by atoms with Gasteiger partial charge in [0.15, 0.2) is 5.13 Å². The highest BCUT2D eigenvalue weighted by Crippen LogP contribution is 2.38. The van der Waals surface area contributed by atoms with Gasteiger partial charge in [0.25, 0.3) is 10.0 Å². The van der Waals surface area contributed by atoms with Crippen LogP contribution in [0.15, 0.2) is 58.9 Å². The molecule has 1 atom stereocenters. The zero-order valence-corrected chi connectivity index (χ0v) is 17.2. The Kier molecular flexibility index (Phi) is 5.46. The summed E-state index contributed by atoms with van der Waals surface area (Å²) in [4.78, 5) is 4.12. The highest BCUT2D eigenvalue weighted by atomic mass is 32.2. The van der Waals surface area contributed by atoms with Crippen LogP contribution in [0.2, 0.25) is 0 Å². The van der Waals surface area contributed by atoms with Crippen LogP contribution >= 0.6 is 11.3 Å². The van der Waals surface area contributed by atoms with E-state index in [2.05, 4.69) is 9.71 Å². The van der Waals surface area contributed by atoms with Gasteiger partial charge >= 0.3 is 6.18 Å². The molecule has 0 bridgehead atoms. The van der Waals surface area contributed by atoms with Crippen LogP contribution < -0.4 is 9.46 Å². The summed E-state index contributed by atoms with van der Waals surface area (Å²) in [5, 5.41) is 1.95. The molecule has 1 unspecified atom stereocenters. The molecule has 0 fully saturated rings. The topological polar surface area (TPSA) is 68.3 Å². The smallest absolute Gasteiger partial charge is 0.416 e. The second-order valence-corrected chi connectivity index (χ2v) is 9.33. The van der Waals surface area contributed by atoms with Gasteiger partial charge < -0.3 is 4.74 Å². The van der Waals surface area contributed by atoms with E-state index in [0.29, 0.717) is 30.6 Å². The van der Waals surface area contributed by atoms with E-state index in [-0.39, 0.29) is 10.0 Å². The standard InChI is InChI=1S/C20H17F3N2O3S2/c21-20(22,23)13-7-9-14(10-8-13)28-17-5-1-4-16-15(17)3-2-6-18(16)30(26,27)25-19-24-11-12-29-19/h2-3,6-12,17H,1,4-5H2,(H,24,25). The molecule has 5 nitrogen and oxygen atoms in total. The largest absolute Gasteiger partial charge is 0.486 e. The summed E-state index contributed by atoms with van der Waals surface area (Å²) in [6, 6.07) is 9.48. The third-order valence-corrected chi connectivity index (χ3v) is 7.05. The van der Waals surface area contributed by atoms with Gasteiger partial charge in [-0.3, -0.25) is 4.72 Å². The quantitative estimate of drug-likeness (QED) is 0.559. The fraction of sp³-hybridized carbons (Fsp3) is 0.250. The summed E-state index contributed by atoms with van der Waals surface area (Å²) in [6.45, 7) is 0. The van der Waals surface area contributed by atoms with Crippen molar-refractivity contribution in [2.75, 3.05) is 4.72 Å². The SMILES string of the molecule is O=S(=O)(Nc1nccs1)c1cccc2c1CCCC2Oc1ccc(C(F)(F)F)cc1. The Balaban J connectivity index is 1.61. The number of thiazole rings is 1. The lowest BCUT2D eigenvalue weighted by atomic mass is 9.89. The van der Waals surface area contributed by atoms with Crippen molar-refractivity contribution < 1.29 is 26.3 Å². The number of nitrogens with one attached hydrogen (secondary N) is 1. The minimum Gasteiger partial charge on any atom is -0.486 e. The Morgan fingerprint density at radius 3 is 2.57 bits per heavy atom. The molecule has 1 aliphatic rings. The zero-order chi connectivity index (χ0) is 21.4. The number of ether oxygens (including phenoxy) is 1. The van der Waals surface area contributed by atoms with E-state index in [1.807, 2.05) is 0 Å². The Labute approximate surface area is 175 Å². The van der Waals surface area contributed by atoms with Gasteiger partial charge in [-0.1, -0.05) is 12.1 Å². The summed E-state index contributed by atoms with van der Waals surface area (Å²) in [5.74, 6) is 0.301. The molecule has 4 rings (SSSR count). The van der Waals surface area contributed by atoms with E-state index in [4.69, 9.17) is 4.74 Å². The molecular weight excluding hydrogens is 437 g/mol. The van der Waals surface area contributed by atoms with Crippen LogP contribution in [-0.2, 0) is 22.6 Å². The maximum Gasteiger partial charge on any atom is 0.416 e. The van der Waals surface area contributed by atoms with Crippen LogP contribution in [0.25, 0.3) is 0 Å². The molecule has 0 amide bonds. The van der Waals surface area contributed by atoms with Crippen molar-refractivity contribution in [1.29, 1.82) is 0 Å². The Morgan fingerprint density at radius 1 is 1.13 bits per heavy atom. The molecule has 1 heterocycles. The predicted octanol–water partition coefficient (Wildman–Crippen LogP) is 5.42. The molecule has 0 radical (unpaired) electrons. The minimum atomic E-state index is -4.41. The van der Waals surface area contributed by atoms with Crippen molar-refractivity contribution in [1.82, 2.24) is 4.98 Å². The van der Waals surface area contributed by atoms with Crippen LogP contribution in [-0.4, -0.2) is 13.4 Å². The first kappa shape index (κ1) is 20.7. The number of nitrogens with zero attached hydrogens (tertiary/aromatic N) is 1. The molecule has 0 spiro atoms. The summed E-state index contributed by atoms with van der Waals surface area (Å²) in [6.07, 6.45) is -1.45. The molecule has 0 aliphatic heterocycles. The molecule has 3 aromatic rings. The second kappa shape index (κ2) is 7.92. The highest BCUT2D eigenvalue weighted by Gasteiger charge is 2.31. The van der Waals surface area contributed by atoms with Crippen molar-refractivity contribution in [3.63, 3.8) is 0 Å². The van der Waals surface area contributed by atoms with Gasteiger partial charge in [-0.05, 0) is 60.7 Å². The van der Waals surface area contributed by atoms with Crippen LogP contribution in [0.4, 0.5) is 18.3 Å². The molecule has 0 saturated carbocycles. The Bertz CT molecular complexity index is 1130. The summed E-state index contributed by atoms with van der Waals surface area (Å²) in [5.41, 5.74) is 0.633. The Morgan fingerprint density at radius 2 is 1.90 bits per heavy atom. The average Bonchev–Trinajstić information content (AvgIpc) is 3.20. The fourth-order valence-corrected chi connectivity index (χ4v) is 5.56. The van der Waals surface area contributed by atoms with Crippen molar-refractivity contribution >= 4 is 26.5 Å². The predicted molar refractivity (Wildman–Crippen MR) is 107 cm³/mol. The lowest BCUT2D eigenvalue weighted by Gasteiger charge is -2.28. The molecular formula is C20H17F3N2O3S2. The van der Waals surface area contributed by atoms with Gasteiger partial charge in [0.2, 0.25) is 0 Å². The van der Waals surface area contributed by atoms with Crippen molar-refractivity contribution in [3.05, 3.63) is 70.7 Å². The van der Waals surface area contributed by atoms with Gasteiger partial charge in [0, 0.05) is 11.6 Å². The number of hydrogen-bond donors (Lipinski definition) is 1. The van der Waals surface area contributed by atoms with Crippen LogP contribution in [0, 0.1) is 0 Å². The molecule has 30 heavy (non-hydrogen) atoms. The maximum atomic E-state index is 12.9. The third kappa shape index (κ3) is 4.29. The maximum absolute atomic E-state index is 12.9. The molecule has 1 N–H and O–H groups in total. The monoisotopic (exact) mass is 454 g/mol. The average molecular weight is 454 g/mol. The third-order valence-electron chi connectivity index (χ3n) is 4.81. The first-order valence-corrected chi connectivity index (χ1v) is 11.5. The number of alkyl halides is 3. The zero-order valence-electron chi connectivity index (χ0n) is 15.5. The summed E-state index contributed by atoms with van der Waals surface area (Å²) >= 11 is 1.18. The van der Waals surface area contributed by atoms with E-state index in [1.54, 1.807) is 17.5 Å². The van der Waals surface area contributed by atoms with Crippen molar-refractivity contribution in [2.45, 2.75) is 36.4 Å². The number of hydrogen-bond acceptors (Lipinski definition) is 5. The lowest BCUT2D eigenvalue weighted by molar-refractivity contribution is -0.137. The van der Waals surface area contributed by atoms with Crippen LogP contribution in [0.5, 0.6) is 5.75 Å². The number of benzene rings is 2. The number of anilines is 1. The summed E-state index contributed by atoms with van der Waals surface area (Å²) < 4.78 is 72.4. The first-order valence-electron chi connectivity index (χ1n) is 9.12. The number of rotatable bonds is 5. The van der Waals surface area contributed by atoms with Crippen LogP contribution in [0.3, 0.4) is 0 Å². The van der Waals surface area contributed by atoms with E-state index in [1.165, 1.54) is 35.7 Å². The van der Waals surface area contributed by atoms with Gasteiger partial charge in [0.05, 0.1) is 10.5 Å². The number of halogens is 3. The van der Waals surface area contributed by atoms with Gasteiger partial charge in [-0.25, -0.2) is 13.4 Å². The molecule has 1 aliphatic carbocycles. The van der Waals surface area contributed by atoms with E-state index in [0.717, 1.165) is 17.7 Å². The molecule has 2 aromatic carbocycles. The van der Waals surface area contributed by atoms with E-state index in [9.17, 15) is 21.6 Å². The molecule has 158 valence electrons. The molecule has 0 saturated heterocycles. The van der Waals surface area contributed by atoms with Crippen molar-refractivity contribution in [3.8, 4) is 5.75 Å².